The van der Waals surface area contributed by atoms with Crippen LogP contribution in [0.3, 0.4) is 0 Å². The summed E-state index contributed by atoms with van der Waals surface area (Å²) in [5.74, 6) is 1.68. The topological polar surface area (TPSA) is 61.3 Å². The average molecular weight is 264 g/mol. The molecule has 0 saturated heterocycles. The zero-order valence-electron chi connectivity index (χ0n) is 12.7. The van der Waals surface area contributed by atoms with E-state index in [4.69, 9.17) is 16.2 Å². The highest BCUT2D eigenvalue weighted by Crippen LogP contribution is 2.32. The fraction of sp³-hybridized carbons (Fsp3) is 0.625. The van der Waals surface area contributed by atoms with Gasteiger partial charge in [0.05, 0.1) is 6.61 Å². The van der Waals surface area contributed by atoms with Gasteiger partial charge in [-0.1, -0.05) is 13.8 Å². The van der Waals surface area contributed by atoms with Gasteiger partial charge in [0.15, 0.2) is 0 Å². The minimum atomic E-state index is 0.333. The summed E-state index contributed by atoms with van der Waals surface area (Å²) in [6.45, 7) is 10.6. The average Bonchev–Trinajstić information content (AvgIpc) is 2.37. The Morgan fingerprint density at radius 2 is 1.63 bits per heavy atom. The van der Waals surface area contributed by atoms with Crippen molar-refractivity contribution in [2.24, 2.45) is 17.4 Å². The summed E-state index contributed by atoms with van der Waals surface area (Å²) >= 11 is 0. The molecule has 108 valence electrons. The van der Waals surface area contributed by atoms with Crippen molar-refractivity contribution < 1.29 is 4.74 Å². The molecule has 3 nitrogen and oxygen atoms in total. The molecule has 1 unspecified atom stereocenters. The number of hydrogen-bond donors (Lipinski definition) is 2. The molecule has 1 aromatic rings. The first-order chi connectivity index (χ1) is 9.04. The molecule has 1 aromatic carbocycles. The zero-order valence-corrected chi connectivity index (χ0v) is 12.7. The third-order valence-electron chi connectivity index (χ3n) is 3.81. The standard InChI is InChI=1S/C16H28N2O/c1-5-6-19-15-7-11(2)16(12(3)8-15)13(4)14(9-17)10-18/h7-8,13-14H,5-6,9-10,17-18H2,1-4H3. The second kappa shape index (κ2) is 7.51. The normalized spacial score (nSPS) is 12.8. The molecule has 19 heavy (non-hydrogen) atoms. The summed E-state index contributed by atoms with van der Waals surface area (Å²) < 4.78 is 5.72. The molecular weight excluding hydrogens is 236 g/mol. The lowest BCUT2D eigenvalue weighted by Crippen LogP contribution is -2.28. The minimum absolute atomic E-state index is 0.333. The lowest BCUT2D eigenvalue weighted by molar-refractivity contribution is 0.316. The van der Waals surface area contributed by atoms with Gasteiger partial charge in [-0.3, -0.25) is 0 Å². The van der Waals surface area contributed by atoms with Crippen LogP contribution in [0.15, 0.2) is 12.1 Å². The maximum atomic E-state index is 5.81. The molecule has 0 saturated carbocycles. The Hall–Kier alpha value is -1.06. The molecule has 0 aliphatic carbocycles. The number of rotatable bonds is 7. The van der Waals surface area contributed by atoms with Crippen molar-refractivity contribution in [3.05, 3.63) is 28.8 Å². The van der Waals surface area contributed by atoms with E-state index in [-0.39, 0.29) is 0 Å². The van der Waals surface area contributed by atoms with E-state index in [9.17, 15) is 0 Å². The van der Waals surface area contributed by atoms with E-state index in [0.29, 0.717) is 24.9 Å². The van der Waals surface area contributed by atoms with Gasteiger partial charge in [-0.15, -0.1) is 0 Å². The van der Waals surface area contributed by atoms with E-state index in [1.807, 2.05) is 0 Å². The molecule has 0 aliphatic heterocycles. The Labute approximate surface area is 117 Å². The number of hydrogen-bond acceptors (Lipinski definition) is 3. The molecular formula is C16H28N2O. The molecule has 0 bridgehead atoms. The predicted octanol–water partition coefficient (Wildman–Crippen LogP) is 2.73. The van der Waals surface area contributed by atoms with E-state index in [1.165, 1.54) is 16.7 Å². The lowest BCUT2D eigenvalue weighted by Gasteiger charge is -2.25. The third-order valence-corrected chi connectivity index (χ3v) is 3.81. The van der Waals surface area contributed by atoms with Crippen LogP contribution in [0, 0.1) is 19.8 Å². The fourth-order valence-corrected chi connectivity index (χ4v) is 2.70. The summed E-state index contributed by atoms with van der Waals surface area (Å²) in [4.78, 5) is 0. The Balaban J connectivity index is 3.02. The number of nitrogens with two attached hydrogens (primary N) is 2. The van der Waals surface area contributed by atoms with Crippen molar-refractivity contribution in [2.45, 2.75) is 40.0 Å². The minimum Gasteiger partial charge on any atom is -0.494 e. The first kappa shape index (κ1) is 16.0. The van der Waals surface area contributed by atoms with E-state index in [2.05, 4.69) is 39.8 Å². The monoisotopic (exact) mass is 264 g/mol. The van der Waals surface area contributed by atoms with Gasteiger partial charge in [0.1, 0.15) is 5.75 Å². The van der Waals surface area contributed by atoms with Crippen LogP contribution in [-0.2, 0) is 0 Å². The molecule has 0 heterocycles. The molecule has 1 rings (SSSR count). The van der Waals surface area contributed by atoms with Crippen LogP contribution in [-0.4, -0.2) is 19.7 Å². The van der Waals surface area contributed by atoms with Crippen LogP contribution >= 0.6 is 0 Å². The number of aryl methyl sites for hydroxylation is 2. The fourth-order valence-electron chi connectivity index (χ4n) is 2.70. The van der Waals surface area contributed by atoms with Crippen molar-refractivity contribution in [2.75, 3.05) is 19.7 Å². The highest BCUT2D eigenvalue weighted by Gasteiger charge is 2.20. The number of benzene rings is 1. The van der Waals surface area contributed by atoms with Gasteiger partial charge in [0.2, 0.25) is 0 Å². The molecule has 0 aromatic heterocycles. The molecule has 4 N–H and O–H groups in total. The Morgan fingerprint density at radius 1 is 1.11 bits per heavy atom. The zero-order chi connectivity index (χ0) is 14.4. The lowest BCUT2D eigenvalue weighted by atomic mass is 9.83. The molecule has 0 amide bonds. The van der Waals surface area contributed by atoms with Crippen LogP contribution in [0.4, 0.5) is 0 Å². The van der Waals surface area contributed by atoms with Crippen molar-refractivity contribution >= 4 is 0 Å². The summed E-state index contributed by atoms with van der Waals surface area (Å²) in [7, 11) is 0. The summed E-state index contributed by atoms with van der Waals surface area (Å²) in [5.41, 5.74) is 15.5. The van der Waals surface area contributed by atoms with Crippen LogP contribution in [0.2, 0.25) is 0 Å². The highest BCUT2D eigenvalue weighted by atomic mass is 16.5. The van der Waals surface area contributed by atoms with Crippen LogP contribution in [0.5, 0.6) is 5.75 Å². The second-order valence-corrected chi connectivity index (χ2v) is 5.34. The molecule has 0 radical (unpaired) electrons. The van der Waals surface area contributed by atoms with Gasteiger partial charge in [-0.2, -0.15) is 0 Å². The van der Waals surface area contributed by atoms with Gasteiger partial charge in [-0.25, -0.2) is 0 Å². The van der Waals surface area contributed by atoms with E-state index >= 15 is 0 Å². The summed E-state index contributed by atoms with van der Waals surface area (Å²) in [6.07, 6.45) is 1.03. The SMILES string of the molecule is CCCOc1cc(C)c(C(C)C(CN)CN)c(C)c1. The summed E-state index contributed by atoms with van der Waals surface area (Å²) in [5, 5.41) is 0. The van der Waals surface area contributed by atoms with Gasteiger partial charge in [0.25, 0.3) is 0 Å². The second-order valence-electron chi connectivity index (χ2n) is 5.34. The van der Waals surface area contributed by atoms with Crippen LogP contribution < -0.4 is 16.2 Å². The largest absolute Gasteiger partial charge is 0.494 e. The van der Waals surface area contributed by atoms with Gasteiger partial charge in [-0.05, 0) is 74.0 Å². The smallest absolute Gasteiger partial charge is 0.119 e. The van der Waals surface area contributed by atoms with Crippen molar-refractivity contribution in [1.29, 1.82) is 0 Å². The van der Waals surface area contributed by atoms with E-state index < -0.39 is 0 Å². The Kier molecular flexibility index (Phi) is 6.32. The van der Waals surface area contributed by atoms with Crippen LogP contribution in [0.25, 0.3) is 0 Å². The van der Waals surface area contributed by atoms with Crippen molar-refractivity contribution in [1.82, 2.24) is 0 Å². The Morgan fingerprint density at radius 3 is 2.05 bits per heavy atom. The molecule has 0 aliphatic rings. The van der Waals surface area contributed by atoms with Gasteiger partial charge >= 0.3 is 0 Å². The third kappa shape index (κ3) is 3.95. The maximum absolute atomic E-state index is 5.81. The first-order valence-electron chi connectivity index (χ1n) is 7.19. The molecule has 3 heteroatoms. The molecule has 0 spiro atoms. The predicted molar refractivity (Wildman–Crippen MR) is 81.7 cm³/mol. The van der Waals surface area contributed by atoms with E-state index in [0.717, 1.165) is 18.8 Å². The first-order valence-corrected chi connectivity index (χ1v) is 7.19. The number of ether oxygens (including phenoxy) is 1. The van der Waals surface area contributed by atoms with Gasteiger partial charge < -0.3 is 16.2 Å². The molecule has 0 fully saturated rings. The van der Waals surface area contributed by atoms with Gasteiger partial charge in [0, 0.05) is 0 Å². The van der Waals surface area contributed by atoms with Crippen molar-refractivity contribution in [3.63, 3.8) is 0 Å². The maximum Gasteiger partial charge on any atom is 0.119 e. The Bertz CT molecular complexity index is 377. The van der Waals surface area contributed by atoms with Crippen LogP contribution in [0.1, 0.15) is 42.9 Å². The molecule has 1 atom stereocenters. The highest BCUT2D eigenvalue weighted by molar-refractivity contribution is 5.43. The summed E-state index contributed by atoms with van der Waals surface area (Å²) in [6, 6.07) is 4.25. The van der Waals surface area contributed by atoms with Crippen molar-refractivity contribution in [3.8, 4) is 5.75 Å². The van der Waals surface area contributed by atoms with E-state index in [1.54, 1.807) is 0 Å². The quantitative estimate of drug-likeness (QED) is 0.796.